The van der Waals surface area contributed by atoms with E-state index in [0.29, 0.717) is 15.8 Å². The first-order valence-corrected chi connectivity index (χ1v) is 12.7. The van der Waals surface area contributed by atoms with E-state index >= 15 is 0 Å². The summed E-state index contributed by atoms with van der Waals surface area (Å²) in [4.78, 5) is 39.9. The largest absolute Gasteiger partial charge is 0.465 e. The molecular weight excluding hydrogens is 482 g/mol. The van der Waals surface area contributed by atoms with E-state index < -0.39 is 31.9 Å². The molecule has 34 heavy (non-hydrogen) atoms. The van der Waals surface area contributed by atoms with Crippen molar-refractivity contribution in [1.29, 1.82) is 0 Å². The minimum Gasteiger partial charge on any atom is -0.465 e. The quantitative estimate of drug-likeness (QED) is 0.260. The molecule has 0 aliphatic carbocycles. The van der Waals surface area contributed by atoms with Gasteiger partial charge in [0.1, 0.15) is 6.54 Å². The first-order chi connectivity index (χ1) is 16.0. The van der Waals surface area contributed by atoms with Crippen LogP contribution in [0.2, 0.25) is 0 Å². The van der Waals surface area contributed by atoms with E-state index in [1.165, 1.54) is 34.9 Å². The molecule has 0 aliphatic rings. The fourth-order valence-corrected chi connectivity index (χ4v) is 5.28. The minimum atomic E-state index is -3.42. The van der Waals surface area contributed by atoms with Crippen molar-refractivity contribution >= 4 is 49.0 Å². The third kappa shape index (κ3) is 5.57. The van der Waals surface area contributed by atoms with Crippen LogP contribution >= 0.6 is 11.3 Å². The molecule has 0 spiro atoms. The first kappa shape index (κ1) is 25.2. The number of fused-ring (bicyclic) bond motifs is 1. The summed E-state index contributed by atoms with van der Waals surface area (Å²) in [5.74, 6) is -1.05. The molecule has 1 aromatic heterocycles. The number of thiazole rings is 1. The maximum atomic E-state index is 12.7. The lowest BCUT2D eigenvalue weighted by Gasteiger charge is -2.08. The highest BCUT2D eigenvalue weighted by molar-refractivity contribution is 7.92. The molecule has 3 aromatic rings. The Bertz CT molecular complexity index is 1420. The van der Waals surface area contributed by atoms with Gasteiger partial charge in [-0.05, 0) is 44.5 Å². The summed E-state index contributed by atoms with van der Waals surface area (Å²) in [6.07, 6.45) is -0.0875. The van der Waals surface area contributed by atoms with Gasteiger partial charge in [-0.3, -0.25) is 19.7 Å². The molecule has 1 heterocycles. The van der Waals surface area contributed by atoms with E-state index in [1.807, 2.05) is 0 Å². The van der Waals surface area contributed by atoms with Crippen LogP contribution in [0.5, 0.6) is 0 Å². The zero-order chi connectivity index (χ0) is 25.0. The monoisotopic (exact) mass is 505 g/mol. The van der Waals surface area contributed by atoms with Crippen molar-refractivity contribution in [3.05, 3.63) is 62.9 Å². The van der Waals surface area contributed by atoms with E-state index in [1.54, 1.807) is 32.9 Å². The highest BCUT2D eigenvalue weighted by Gasteiger charge is 2.19. The number of sulfone groups is 1. The Kier molecular flexibility index (Phi) is 7.62. The van der Waals surface area contributed by atoms with E-state index in [-0.39, 0.29) is 35.0 Å². The number of hydrogen-bond donors (Lipinski definition) is 0. The van der Waals surface area contributed by atoms with Crippen molar-refractivity contribution in [2.75, 3.05) is 6.61 Å². The lowest BCUT2D eigenvalue weighted by Crippen LogP contribution is -2.23. The molecule has 0 atom stereocenters. The number of nitro groups is 1. The highest BCUT2D eigenvalue weighted by Crippen LogP contribution is 2.23. The zero-order valence-corrected chi connectivity index (χ0v) is 20.4. The number of benzene rings is 2. The number of amides is 1. The number of carbonyl (C=O) groups excluding carboxylic acids is 2. The highest BCUT2D eigenvalue weighted by atomic mass is 32.2. The van der Waals surface area contributed by atoms with Crippen LogP contribution in [0.25, 0.3) is 10.2 Å². The van der Waals surface area contributed by atoms with Crippen molar-refractivity contribution in [3.8, 4) is 0 Å². The Morgan fingerprint density at radius 3 is 2.44 bits per heavy atom. The number of nitrogens with zero attached hydrogens (tertiary/aromatic N) is 3. The molecule has 12 heteroatoms. The Balaban J connectivity index is 1.95. The summed E-state index contributed by atoms with van der Waals surface area (Å²) in [5, 5.41) is 10.6. The Hall–Kier alpha value is -3.38. The topological polar surface area (TPSA) is 138 Å². The van der Waals surface area contributed by atoms with Crippen LogP contribution in [0.3, 0.4) is 0 Å². The van der Waals surface area contributed by atoms with Gasteiger partial charge in [0, 0.05) is 12.1 Å². The van der Waals surface area contributed by atoms with Gasteiger partial charge in [0.25, 0.3) is 11.6 Å². The van der Waals surface area contributed by atoms with Gasteiger partial charge in [-0.1, -0.05) is 23.5 Å². The predicted molar refractivity (Wildman–Crippen MR) is 126 cm³/mol. The van der Waals surface area contributed by atoms with E-state index in [0.717, 1.165) is 11.3 Å². The van der Waals surface area contributed by atoms with Crippen LogP contribution < -0.4 is 4.80 Å². The molecule has 0 saturated carbocycles. The molecule has 10 nitrogen and oxygen atoms in total. The summed E-state index contributed by atoms with van der Waals surface area (Å²) >= 11 is 1.05. The van der Waals surface area contributed by atoms with Crippen LogP contribution in [0.15, 0.2) is 52.4 Å². The smallest absolute Gasteiger partial charge is 0.326 e. The van der Waals surface area contributed by atoms with Gasteiger partial charge in [-0.2, -0.15) is 4.99 Å². The van der Waals surface area contributed by atoms with E-state index in [2.05, 4.69) is 4.99 Å². The Labute approximate surface area is 199 Å². The van der Waals surface area contributed by atoms with Crippen LogP contribution in [0.4, 0.5) is 5.69 Å². The third-order valence-electron chi connectivity index (χ3n) is 4.92. The molecule has 0 aliphatic heterocycles. The molecule has 1 amide bonds. The second-order valence-corrected chi connectivity index (χ2v) is 11.1. The molecule has 0 saturated heterocycles. The van der Waals surface area contributed by atoms with Crippen molar-refractivity contribution in [2.45, 2.75) is 43.9 Å². The van der Waals surface area contributed by atoms with Gasteiger partial charge in [0.05, 0.1) is 38.3 Å². The van der Waals surface area contributed by atoms with Crippen LogP contribution in [-0.4, -0.2) is 41.6 Å². The van der Waals surface area contributed by atoms with Gasteiger partial charge in [0.15, 0.2) is 14.6 Å². The molecular formula is C22H23N3O7S2. The number of esters is 1. The van der Waals surface area contributed by atoms with Gasteiger partial charge in [-0.15, -0.1) is 0 Å². The molecule has 0 N–H and O–H groups in total. The summed E-state index contributed by atoms with van der Waals surface area (Å²) < 4.78 is 31.5. The molecule has 180 valence electrons. The minimum absolute atomic E-state index is 0.0875. The van der Waals surface area contributed by atoms with Crippen molar-refractivity contribution in [1.82, 2.24) is 4.57 Å². The van der Waals surface area contributed by atoms with Crippen molar-refractivity contribution in [3.63, 3.8) is 0 Å². The van der Waals surface area contributed by atoms with E-state index in [4.69, 9.17) is 4.74 Å². The second kappa shape index (κ2) is 10.3. The van der Waals surface area contributed by atoms with Gasteiger partial charge < -0.3 is 9.30 Å². The van der Waals surface area contributed by atoms with Gasteiger partial charge >= 0.3 is 5.97 Å². The van der Waals surface area contributed by atoms with Crippen molar-refractivity contribution < 1.29 is 27.7 Å². The third-order valence-corrected chi connectivity index (χ3v) is 8.13. The van der Waals surface area contributed by atoms with Crippen LogP contribution in [0.1, 0.15) is 26.3 Å². The summed E-state index contributed by atoms with van der Waals surface area (Å²) in [7, 11) is -3.42. The van der Waals surface area contributed by atoms with Gasteiger partial charge in [-0.25, -0.2) is 8.42 Å². The molecule has 2 aromatic carbocycles. The number of aromatic nitrogens is 1. The number of nitro benzene ring substituents is 1. The standard InChI is InChI=1S/C22H23N3O7S2/c1-4-32-21(27)13-24-18-10-7-16(25(28)29)12-19(18)33-22(24)23-20(26)11-15-5-8-17(9-6-15)34(30,31)14(2)3/h5-10,12,14H,4,11,13H2,1-3H3. The number of rotatable bonds is 8. The first-order valence-electron chi connectivity index (χ1n) is 10.4. The van der Waals surface area contributed by atoms with E-state index in [9.17, 15) is 28.1 Å². The molecule has 3 rings (SSSR count). The number of non-ortho nitro benzene ring substituents is 1. The maximum Gasteiger partial charge on any atom is 0.326 e. The zero-order valence-electron chi connectivity index (χ0n) is 18.8. The number of ether oxygens (including phenoxy) is 1. The average molecular weight is 506 g/mol. The predicted octanol–water partition coefficient (Wildman–Crippen LogP) is 3.03. The molecule has 0 radical (unpaired) electrons. The molecule has 0 fully saturated rings. The number of hydrogen-bond acceptors (Lipinski definition) is 8. The molecule has 0 unspecified atom stereocenters. The maximum absolute atomic E-state index is 12.7. The second-order valence-electron chi connectivity index (χ2n) is 7.60. The fraction of sp³-hybridized carbons (Fsp3) is 0.318. The van der Waals surface area contributed by atoms with Gasteiger partial charge in [0.2, 0.25) is 0 Å². The average Bonchev–Trinajstić information content (AvgIpc) is 3.10. The SMILES string of the molecule is CCOC(=O)Cn1c(=NC(=O)Cc2ccc(S(=O)(=O)C(C)C)cc2)sc2cc([N+](=O)[O-])ccc21. The van der Waals surface area contributed by atoms with Crippen LogP contribution in [-0.2, 0) is 37.1 Å². The Morgan fingerprint density at radius 1 is 1.18 bits per heavy atom. The van der Waals surface area contributed by atoms with Crippen LogP contribution in [0, 0.1) is 10.1 Å². The summed E-state index contributed by atoms with van der Waals surface area (Å²) in [6, 6.07) is 10.2. The Morgan fingerprint density at radius 2 is 1.85 bits per heavy atom. The lowest BCUT2D eigenvalue weighted by atomic mass is 10.1. The summed E-state index contributed by atoms with van der Waals surface area (Å²) in [6.45, 7) is 4.83. The normalized spacial score (nSPS) is 12.3. The lowest BCUT2D eigenvalue weighted by molar-refractivity contribution is -0.384. The fourth-order valence-electron chi connectivity index (χ4n) is 3.14. The van der Waals surface area contributed by atoms with Crippen molar-refractivity contribution in [2.24, 2.45) is 4.99 Å². The number of carbonyl (C=O) groups is 2. The summed E-state index contributed by atoms with van der Waals surface area (Å²) in [5.41, 5.74) is 0.968. The molecule has 0 bridgehead atoms.